The second-order valence-corrected chi connectivity index (χ2v) is 3.56. The van der Waals surface area contributed by atoms with Gasteiger partial charge in [0.05, 0.1) is 17.9 Å². The summed E-state index contributed by atoms with van der Waals surface area (Å²) in [7, 11) is 1.92. The Bertz CT molecular complexity index is 421. The van der Waals surface area contributed by atoms with Crippen molar-refractivity contribution in [3.8, 4) is 0 Å². The first-order valence-corrected chi connectivity index (χ1v) is 4.91. The molecule has 2 rings (SSSR count). The third-order valence-corrected chi connectivity index (χ3v) is 2.27. The van der Waals surface area contributed by atoms with E-state index in [4.69, 9.17) is 0 Å². The van der Waals surface area contributed by atoms with E-state index in [0.29, 0.717) is 0 Å². The van der Waals surface area contributed by atoms with Crippen LogP contribution in [-0.4, -0.2) is 14.8 Å². The van der Waals surface area contributed by atoms with E-state index in [1.165, 1.54) is 5.56 Å². The van der Waals surface area contributed by atoms with Crippen molar-refractivity contribution in [2.24, 2.45) is 7.05 Å². The third-order valence-electron chi connectivity index (χ3n) is 2.27. The highest BCUT2D eigenvalue weighted by molar-refractivity contribution is 5.42. The molecule has 0 aromatic carbocycles. The largest absolute Gasteiger partial charge is 0.377 e. The zero-order chi connectivity index (χ0) is 10.7. The quantitative estimate of drug-likeness (QED) is 0.827. The van der Waals surface area contributed by atoms with Gasteiger partial charge in [-0.25, -0.2) is 0 Å². The van der Waals surface area contributed by atoms with Crippen LogP contribution in [-0.2, 0) is 7.05 Å². The Kier molecular flexibility index (Phi) is 2.67. The van der Waals surface area contributed by atoms with Gasteiger partial charge in [-0.15, -0.1) is 0 Å². The highest BCUT2D eigenvalue weighted by Gasteiger charge is 2.06. The summed E-state index contributed by atoms with van der Waals surface area (Å²) in [5, 5.41) is 7.50. The Morgan fingerprint density at radius 2 is 2.27 bits per heavy atom. The van der Waals surface area contributed by atoms with E-state index in [9.17, 15) is 0 Å². The first-order valence-electron chi connectivity index (χ1n) is 4.91. The first-order chi connectivity index (χ1) is 7.25. The van der Waals surface area contributed by atoms with E-state index >= 15 is 0 Å². The maximum Gasteiger partial charge on any atom is 0.0542 e. The predicted molar refractivity (Wildman–Crippen MR) is 59.5 cm³/mol. The van der Waals surface area contributed by atoms with Crippen LogP contribution in [0.3, 0.4) is 0 Å². The van der Waals surface area contributed by atoms with E-state index in [2.05, 4.69) is 22.3 Å². The van der Waals surface area contributed by atoms with Gasteiger partial charge < -0.3 is 5.32 Å². The average Bonchev–Trinajstić information content (AvgIpc) is 2.66. The van der Waals surface area contributed by atoms with Crippen LogP contribution in [0.2, 0.25) is 0 Å². The van der Waals surface area contributed by atoms with Gasteiger partial charge in [0.15, 0.2) is 0 Å². The van der Waals surface area contributed by atoms with Crippen LogP contribution in [0, 0.1) is 0 Å². The second kappa shape index (κ2) is 4.13. The van der Waals surface area contributed by atoms with Crippen molar-refractivity contribution in [3.05, 3.63) is 42.5 Å². The molecular weight excluding hydrogens is 188 g/mol. The van der Waals surface area contributed by atoms with Crippen LogP contribution < -0.4 is 5.32 Å². The normalized spacial score (nSPS) is 12.4. The summed E-state index contributed by atoms with van der Waals surface area (Å²) in [6, 6.07) is 4.15. The van der Waals surface area contributed by atoms with Crippen molar-refractivity contribution in [3.63, 3.8) is 0 Å². The fourth-order valence-corrected chi connectivity index (χ4v) is 1.45. The molecule has 1 atom stereocenters. The van der Waals surface area contributed by atoms with Gasteiger partial charge in [0.25, 0.3) is 0 Å². The molecule has 0 aliphatic heterocycles. The minimum absolute atomic E-state index is 0.239. The molecule has 0 bridgehead atoms. The van der Waals surface area contributed by atoms with Crippen LogP contribution in [0.1, 0.15) is 18.5 Å². The van der Waals surface area contributed by atoms with E-state index in [1.807, 2.05) is 37.8 Å². The fraction of sp³-hybridized carbons (Fsp3) is 0.273. The highest BCUT2D eigenvalue weighted by atomic mass is 15.2. The van der Waals surface area contributed by atoms with Gasteiger partial charge in [-0.05, 0) is 19.1 Å². The molecular formula is C11H14N4. The lowest BCUT2D eigenvalue weighted by atomic mass is 10.2. The molecule has 2 heterocycles. The number of rotatable bonds is 3. The molecule has 2 aromatic rings. The molecule has 4 heteroatoms. The molecule has 0 fully saturated rings. The first kappa shape index (κ1) is 9.71. The number of aromatic nitrogens is 3. The third kappa shape index (κ3) is 2.34. The van der Waals surface area contributed by atoms with Gasteiger partial charge >= 0.3 is 0 Å². The molecule has 78 valence electrons. The van der Waals surface area contributed by atoms with Crippen LogP contribution in [0.15, 0.2) is 36.9 Å². The molecule has 0 saturated carbocycles. The molecule has 2 aromatic heterocycles. The standard InChI is InChI=1S/C11H14N4/c1-9(10-6-13-15(2)8-10)14-11-4-3-5-12-7-11/h3-9,14H,1-2H3. The fourth-order valence-electron chi connectivity index (χ4n) is 1.45. The lowest BCUT2D eigenvalue weighted by Gasteiger charge is -2.12. The summed E-state index contributed by atoms with van der Waals surface area (Å²) >= 11 is 0. The van der Waals surface area contributed by atoms with Crippen LogP contribution in [0.4, 0.5) is 5.69 Å². The summed E-state index contributed by atoms with van der Waals surface area (Å²) in [6.07, 6.45) is 7.45. The van der Waals surface area contributed by atoms with Gasteiger partial charge in [-0.1, -0.05) is 0 Å². The van der Waals surface area contributed by atoms with E-state index < -0.39 is 0 Å². The lowest BCUT2D eigenvalue weighted by molar-refractivity contribution is 0.765. The number of pyridine rings is 1. The number of hydrogen-bond acceptors (Lipinski definition) is 3. The molecule has 0 aliphatic carbocycles. The monoisotopic (exact) mass is 202 g/mol. The summed E-state index contributed by atoms with van der Waals surface area (Å²) in [5.74, 6) is 0. The molecule has 0 amide bonds. The molecule has 0 radical (unpaired) electrons. The van der Waals surface area contributed by atoms with Crippen LogP contribution in [0.5, 0.6) is 0 Å². The minimum atomic E-state index is 0.239. The van der Waals surface area contributed by atoms with Crippen molar-refractivity contribution in [1.29, 1.82) is 0 Å². The summed E-state index contributed by atoms with van der Waals surface area (Å²) in [5.41, 5.74) is 2.19. The average molecular weight is 202 g/mol. The number of nitrogens with one attached hydrogen (secondary N) is 1. The minimum Gasteiger partial charge on any atom is -0.377 e. The number of aryl methyl sites for hydroxylation is 1. The van der Waals surface area contributed by atoms with Gasteiger partial charge in [-0.3, -0.25) is 9.67 Å². The molecule has 15 heavy (non-hydrogen) atoms. The van der Waals surface area contributed by atoms with Crippen LogP contribution in [0.25, 0.3) is 0 Å². The Morgan fingerprint density at radius 3 is 2.87 bits per heavy atom. The second-order valence-electron chi connectivity index (χ2n) is 3.56. The SMILES string of the molecule is CC(Nc1cccnc1)c1cnn(C)c1. The van der Waals surface area contributed by atoms with E-state index in [0.717, 1.165) is 5.69 Å². The Morgan fingerprint density at radius 1 is 1.40 bits per heavy atom. The maximum absolute atomic E-state index is 4.14. The molecule has 4 nitrogen and oxygen atoms in total. The van der Waals surface area contributed by atoms with Gasteiger partial charge in [-0.2, -0.15) is 5.10 Å². The van der Waals surface area contributed by atoms with Crippen molar-refractivity contribution >= 4 is 5.69 Å². The van der Waals surface area contributed by atoms with Crippen LogP contribution >= 0.6 is 0 Å². The molecule has 0 spiro atoms. The van der Waals surface area contributed by atoms with Gasteiger partial charge in [0.1, 0.15) is 0 Å². The molecule has 0 aliphatic rings. The number of nitrogens with zero attached hydrogens (tertiary/aromatic N) is 3. The Labute approximate surface area is 89.0 Å². The summed E-state index contributed by atoms with van der Waals surface area (Å²) < 4.78 is 1.80. The van der Waals surface area contributed by atoms with Gasteiger partial charge in [0.2, 0.25) is 0 Å². The van der Waals surface area contributed by atoms with Crippen molar-refractivity contribution < 1.29 is 0 Å². The number of anilines is 1. The number of hydrogen-bond donors (Lipinski definition) is 1. The molecule has 1 N–H and O–H groups in total. The van der Waals surface area contributed by atoms with Crippen molar-refractivity contribution in [1.82, 2.24) is 14.8 Å². The predicted octanol–water partition coefficient (Wildman–Crippen LogP) is 1.99. The maximum atomic E-state index is 4.14. The zero-order valence-electron chi connectivity index (χ0n) is 8.88. The summed E-state index contributed by atoms with van der Waals surface area (Å²) in [4.78, 5) is 4.05. The smallest absolute Gasteiger partial charge is 0.0542 e. The topological polar surface area (TPSA) is 42.7 Å². The summed E-state index contributed by atoms with van der Waals surface area (Å²) in [6.45, 7) is 2.10. The Hall–Kier alpha value is -1.84. The zero-order valence-corrected chi connectivity index (χ0v) is 8.88. The van der Waals surface area contributed by atoms with Crippen molar-refractivity contribution in [2.45, 2.75) is 13.0 Å². The van der Waals surface area contributed by atoms with E-state index in [-0.39, 0.29) is 6.04 Å². The lowest BCUT2D eigenvalue weighted by Crippen LogP contribution is -2.05. The molecule has 0 saturated heterocycles. The molecule has 1 unspecified atom stereocenters. The highest BCUT2D eigenvalue weighted by Crippen LogP contribution is 2.16. The van der Waals surface area contributed by atoms with Gasteiger partial charge in [0, 0.05) is 31.2 Å². The van der Waals surface area contributed by atoms with E-state index in [1.54, 1.807) is 10.9 Å². The van der Waals surface area contributed by atoms with Crippen molar-refractivity contribution in [2.75, 3.05) is 5.32 Å². The Balaban J connectivity index is 2.07.